The summed E-state index contributed by atoms with van der Waals surface area (Å²) in [5.41, 5.74) is -0.778. The molecule has 13 nitrogen and oxygen atoms in total. The summed E-state index contributed by atoms with van der Waals surface area (Å²) in [5.74, 6) is -1.43. The van der Waals surface area contributed by atoms with E-state index in [2.05, 4.69) is 25.6 Å². The van der Waals surface area contributed by atoms with E-state index in [1.807, 2.05) is 23.6 Å². The number of nitrogens with zero attached hydrogens (tertiary/aromatic N) is 4. The number of hydrogen-bond acceptors (Lipinski definition) is 10. The maximum atomic E-state index is 14.2. The molecule has 5 atom stereocenters. The smallest absolute Gasteiger partial charge is 0.330 e. The number of thiophene rings is 1. The number of nitrogens with one attached hydrogen (secondary N) is 2. The van der Waals surface area contributed by atoms with Crippen LogP contribution >= 0.6 is 11.3 Å². The Morgan fingerprint density at radius 2 is 2.07 bits per heavy atom. The Kier molecular flexibility index (Phi) is 8.22. The van der Waals surface area contributed by atoms with E-state index in [0.29, 0.717) is 29.0 Å². The summed E-state index contributed by atoms with van der Waals surface area (Å²) in [7, 11) is 0. The van der Waals surface area contributed by atoms with Gasteiger partial charge in [-0.05, 0) is 55.9 Å². The van der Waals surface area contributed by atoms with Gasteiger partial charge in [-0.2, -0.15) is 4.98 Å². The molecule has 2 aliphatic heterocycles. The van der Waals surface area contributed by atoms with Gasteiger partial charge in [-0.15, -0.1) is 11.3 Å². The Bertz CT molecular complexity index is 1670. The van der Waals surface area contributed by atoms with E-state index in [4.69, 9.17) is 9.15 Å². The van der Waals surface area contributed by atoms with Crippen LogP contribution in [-0.2, 0) is 19.2 Å². The second-order valence-electron chi connectivity index (χ2n) is 12.7. The highest BCUT2D eigenvalue weighted by atomic mass is 32.1. The van der Waals surface area contributed by atoms with Gasteiger partial charge < -0.3 is 29.8 Å². The van der Waals surface area contributed by atoms with Gasteiger partial charge in [-0.25, -0.2) is 14.8 Å². The van der Waals surface area contributed by atoms with Crippen LogP contribution in [0.3, 0.4) is 0 Å². The Morgan fingerprint density at radius 1 is 1.20 bits per heavy atom. The first-order valence-electron chi connectivity index (χ1n) is 15.9. The number of amides is 3. The summed E-state index contributed by atoms with van der Waals surface area (Å²) in [6, 6.07) is 0.0266. The molecule has 0 aromatic carbocycles. The lowest BCUT2D eigenvalue weighted by molar-refractivity contribution is -0.146. The fourth-order valence-corrected chi connectivity index (χ4v) is 7.25. The Balaban J connectivity index is 1.18. The lowest BCUT2D eigenvalue weighted by Gasteiger charge is -2.29. The molecule has 1 saturated heterocycles. The van der Waals surface area contributed by atoms with Crippen LogP contribution in [0.25, 0.3) is 21.9 Å². The van der Waals surface area contributed by atoms with Crippen LogP contribution in [0.15, 0.2) is 40.5 Å². The number of fused-ring (bicyclic) bond motifs is 3. The Hall–Kier alpha value is -4.33. The molecule has 0 bridgehead atoms. The first kappa shape index (κ1) is 30.3. The molecule has 3 N–H and O–H groups in total. The van der Waals surface area contributed by atoms with Crippen molar-refractivity contribution in [2.45, 2.75) is 87.9 Å². The van der Waals surface area contributed by atoms with Gasteiger partial charge in [0.05, 0.1) is 18.3 Å². The van der Waals surface area contributed by atoms with Crippen molar-refractivity contribution in [2.24, 2.45) is 11.8 Å². The highest BCUT2D eigenvalue weighted by Crippen LogP contribution is 2.45. The van der Waals surface area contributed by atoms with Crippen molar-refractivity contribution in [3.63, 3.8) is 0 Å². The van der Waals surface area contributed by atoms with E-state index in [1.54, 1.807) is 0 Å². The third-order valence-electron chi connectivity index (χ3n) is 9.30. The van der Waals surface area contributed by atoms with Crippen LogP contribution in [0, 0.1) is 11.8 Å². The summed E-state index contributed by atoms with van der Waals surface area (Å²) in [6.45, 7) is 0.0561. The van der Waals surface area contributed by atoms with Gasteiger partial charge in [0.25, 0.3) is 5.89 Å². The lowest BCUT2D eigenvalue weighted by atomic mass is 10.0. The van der Waals surface area contributed by atoms with E-state index in [1.165, 1.54) is 28.7 Å². The average molecular weight is 649 g/mol. The molecule has 2 aliphatic carbocycles. The van der Waals surface area contributed by atoms with Crippen molar-refractivity contribution < 1.29 is 33.4 Å². The topological polar surface area (TPSA) is 177 Å². The molecule has 3 aromatic heterocycles. The number of rotatable bonds is 7. The third kappa shape index (κ3) is 6.22. The molecule has 3 aromatic rings. The van der Waals surface area contributed by atoms with Crippen molar-refractivity contribution in [3.05, 3.63) is 36.1 Å². The summed E-state index contributed by atoms with van der Waals surface area (Å²) >= 11 is 1.40. The number of hydrogen-bond donors (Lipinski definition) is 3. The van der Waals surface area contributed by atoms with Gasteiger partial charge in [-0.1, -0.05) is 25.0 Å². The van der Waals surface area contributed by atoms with Gasteiger partial charge in [0.2, 0.25) is 29.4 Å². The number of allylic oxidation sites excluding steroid dienone is 1. The number of oxazole rings is 1. The van der Waals surface area contributed by atoms with E-state index >= 15 is 0 Å². The standard InChI is InChI=1S/C32H36N6O7S/c39-24(14-18-8-9-18)34-22-7-5-3-1-2-4-6-19-16-32(19,31(42)43)37-27(40)23-15-20(17-38(23)30(22)41)45-28-25-21(10-13-46-25)35-26(36-28)29-33-11-12-44-29/h4,6,10-13,18-20,22-23H,1-3,5,7-9,14-17H2,(H,34,39)(H,37,40)(H,42,43)/b6-4+/t19-,20-,22+,23+,32-/m1/s1. The normalized spacial score (nSPS) is 29.2. The minimum Gasteiger partial charge on any atom is -0.479 e. The lowest BCUT2D eigenvalue weighted by Crippen LogP contribution is -2.56. The van der Waals surface area contributed by atoms with Gasteiger partial charge in [0.1, 0.15) is 34.7 Å². The van der Waals surface area contributed by atoms with Crippen LogP contribution in [0.5, 0.6) is 5.88 Å². The SMILES string of the molecule is O=C(CC1CC1)N[C@H]1CCCCC/C=C/[C@@H]2C[C@@]2(C(=O)O)NC(=O)[C@@H]2C[C@@H](Oc3nc(-c4ncco4)nc4ccsc34)CN2C1=O. The van der Waals surface area contributed by atoms with Crippen molar-refractivity contribution in [3.8, 4) is 17.6 Å². The van der Waals surface area contributed by atoms with Gasteiger partial charge >= 0.3 is 5.97 Å². The van der Waals surface area contributed by atoms with E-state index in [-0.39, 0.29) is 54.7 Å². The number of ether oxygens (including phenoxy) is 1. The second-order valence-corrected chi connectivity index (χ2v) is 13.6. The van der Waals surface area contributed by atoms with E-state index < -0.39 is 35.6 Å². The zero-order valence-corrected chi connectivity index (χ0v) is 26.0. The molecule has 0 radical (unpaired) electrons. The molecule has 2 saturated carbocycles. The number of aliphatic carboxylic acids is 1. The molecule has 7 rings (SSSR count). The van der Waals surface area contributed by atoms with Gasteiger partial charge in [0, 0.05) is 18.8 Å². The second kappa shape index (κ2) is 12.5. The molecule has 14 heteroatoms. The van der Waals surface area contributed by atoms with Crippen molar-refractivity contribution >= 4 is 45.2 Å². The molecular weight excluding hydrogens is 612 g/mol. The van der Waals surface area contributed by atoms with Crippen molar-refractivity contribution in [1.82, 2.24) is 30.5 Å². The van der Waals surface area contributed by atoms with Crippen LogP contribution in [0.1, 0.15) is 64.2 Å². The largest absolute Gasteiger partial charge is 0.479 e. The first-order chi connectivity index (χ1) is 22.3. The molecular formula is C32H36N6O7S. The van der Waals surface area contributed by atoms with Crippen LogP contribution in [0.4, 0.5) is 0 Å². The Labute approximate surface area is 268 Å². The predicted molar refractivity (Wildman–Crippen MR) is 166 cm³/mol. The fourth-order valence-electron chi connectivity index (χ4n) is 6.49. The molecule has 3 fully saturated rings. The van der Waals surface area contributed by atoms with Crippen LogP contribution in [-0.4, -0.2) is 78.9 Å². The first-order valence-corrected chi connectivity index (χ1v) is 16.8. The van der Waals surface area contributed by atoms with Gasteiger partial charge in [0.15, 0.2) is 0 Å². The van der Waals surface area contributed by atoms with Crippen molar-refractivity contribution in [2.75, 3.05) is 6.54 Å². The highest BCUT2D eigenvalue weighted by Gasteiger charge is 2.61. The number of aromatic nitrogens is 3. The van der Waals surface area contributed by atoms with Crippen molar-refractivity contribution in [1.29, 1.82) is 0 Å². The molecule has 5 heterocycles. The summed E-state index contributed by atoms with van der Waals surface area (Å²) in [4.78, 5) is 68.1. The molecule has 242 valence electrons. The maximum absolute atomic E-state index is 14.2. The van der Waals surface area contributed by atoms with Crippen LogP contribution in [0.2, 0.25) is 0 Å². The third-order valence-corrected chi connectivity index (χ3v) is 10.2. The monoisotopic (exact) mass is 648 g/mol. The summed E-state index contributed by atoms with van der Waals surface area (Å²) in [5, 5.41) is 17.7. The molecule has 4 aliphatic rings. The molecule has 46 heavy (non-hydrogen) atoms. The number of carboxylic acid groups (broad SMARTS) is 1. The number of carboxylic acids is 1. The van der Waals surface area contributed by atoms with Gasteiger partial charge in [-0.3, -0.25) is 14.4 Å². The Morgan fingerprint density at radius 3 is 2.85 bits per heavy atom. The zero-order chi connectivity index (χ0) is 31.8. The minimum atomic E-state index is -1.42. The quantitative estimate of drug-likeness (QED) is 0.322. The van der Waals surface area contributed by atoms with Crippen LogP contribution < -0.4 is 15.4 Å². The number of carbonyl (C=O) groups excluding carboxylic acids is 3. The van der Waals surface area contributed by atoms with E-state index in [9.17, 15) is 24.3 Å². The fraction of sp³-hybridized carbons (Fsp3) is 0.531. The number of carbonyl (C=O) groups is 4. The summed E-state index contributed by atoms with van der Waals surface area (Å²) in [6.07, 6.45) is 12.6. The molecule has 3 amide bonds. The minimum absolute atomic E-state index is 0.0561. The highest BCUT2D eigenvalue weighted by molar-refractivity contribution is 7.17. The van der Waals surface area contributed by atoms with E-state index in [0.717, 1.165) is 38.5 Å². The zero-order valence-electron chi connectivity index (χ0n) is 25.2. The predicted octanol–water partition coefficient (Wildman–Crippen LogP) is 3.46. The maximum Gasteiger partial charge on any atom is 0.330 e. The molecule has 0 spiro atoms. The molecule has 0 unspecified atom stereocenters. The summed E-state index contributed by atoms with van der Waals surface area (Å²) < 4.78 is 12.5. The average Bonchev–Trinajstić information content (AvgIpc) is 3.69.